The molecule has 2 aromatic rings. The van der Waals surface area contributed by atoms with Crippen molar-refractivity contribution in [2.45, 2.75) is 26.7 Å². The summed E-state index contributed by atoms with van der Waals surface area (Å²) in [6.45, 7) is 10.3. The van der Waals surface area contributed by atoms with Gasteiger partial charge in [0.1, 0.15) is 0 Å². The molecule has 26 heavy (non-hydrogen) atoms. The summed E-state index contributed by atoms with van der Waals surface area (Å²) in [7, 11) is 0. The van der Waals surface area contributed by atoms with Crippen LogP contribution < -0.4 is 4.74 Å². The number of ketones is 1. The third-order valence-electron chi connectivity index (χ3n) is 3.89. The molecule has 0 aliphatic carbocycles. The van der Waals surface area contributed by atoms with Gasteiger partial charge in [-0.2, -0.15) is 0 Å². The van der Waals surface area contributed by atoms with E-state index < -0.39 is 11.8 Å². The minimum absolute atomic E-state index is 0.0519. The number of halogens is 1. The zero-order valence-electron chi connectivity index (χ0n) is 15.0. The molecule has 0 fully saturated rings. The van der Waals surface area contributed by atoms with Gasteiger partial charge in [-0.05, 0) is 54.7 Å². The summed E-state index contributed by atoms with van der Waals surface area (Å²) in [5.74, 6) is -1.36. The third kappa shape index (κ3) is 4.99. The second kappa shape index (κ2) is 8.39. The van der Waals surface area contributed by atoms with Gasteiger partial charge in [-0.1, -0.05) is 43.5 Å². The first kappa shape index (κ1) is 19.3. The molecular formula is C22H21FO3. The smallest absolute Gasteiger partial charge is 0.338 e. The van der Waals surface area contributed by atoms with Crippen molar-refractivity contribution in [3.63, 3.8) is 0 Å². The van der Waals surface area contributed by atoms with Gasteiger partial charge in [-0.25, -0.2) is 9.18 Å². The van der Waals surface area contributed by atoms with Crippen LogP contribution in [0.25, 0.3) is 11.1 Å². The molecule has 0 aliphatic rings. The van der Waals surface area contributed by atoms with Gasteiger partial charge in [0.15, 0.2) is 17.3 Å². The van der Waals surface area contributed by atoms with Gasteiger partial charge in [-0.3, -0.25) is 4.79 Å². The van der Waals surface area contributed by atoms with Crippen LogP contribution in [0.4, 0.5) is 4.39 Å². The highest BCUT2D eigenvalue weighted by molar-refractivity contribution is 5.94. The second-order valence-electron chi connectivity index (χ2n) is 6.22. The van der Waals surface area contributed by atoms with Crippen molar-refractivity contribution < 1.29 is 18.7 Å². The van der Waals surface area contributed by atoms with Crippen molar-refractivity contribution >= 4 is 11.8 Å². The van der Waals surface area contributed by atoms with Crippen LogP contribution >= 0.6 is 0 Å². The summed E-state index contributed by atoms with van der Waals surface area (Å²) in [5.41, 5.74) is 3.29. The Hall–Kier alpha value is -3.01. The summed E-state index contributed by atoms with van der Waals surface area (Å²) in [6.07, 6.45) is 1.06. The van der Waals surface area contributed by atoms with Crippen LogP contribution in [0, 0.1) is 5.82 Å². The van der Waals surface area contributed by atoms with Crippen molar-refractivity contribution in [3.05, 3.63) is 78.1 Å². The van der Waals surface area contributed by atoms with Gasteiger partial charge < -0.3 is 4.74 Å². The third-order valence-corrected chi connectivity index (χ3v) is 3.89. The van der Waals surface area contributed by atoms with Crippen molar-refractivity contribution in [3.8, 4) is 16.9 Å². The largest absolute Gasteiger partial charge is 0.420 e. The van der Waals surface area contributed by atoms with Crippen molar-refractivity contribution in [2.24, 2.45) is 0 Å². The first-order valence-corrected chi connectivity index (χ1v) is 8.23. The van der Waals surface area contributed by atoms with E-state index in [1.54, 1.807) is 13.0 Å². The standard InChI is InChI=1S/C22H21FO3/c1-14(2)20(24)11-7-16-5-8-17(9-6-16)18-10-12-21(19(23)13-18)26-22(25)15(3)4/h5-6,8-10,12-13H,1,3,7,11H2,2,4H3. The minimum atomic E-state index is -0.662. The summed E-state index contributed by atoms with van der Waals surface area (Å²) in [6, 6.07) is 12.0. The summed E-state index contributed by atoms with van der Waals surface area (Å²) in [5, 5.41) is 0. The Morgan fingerprint density at radius 2 is 1.58 bits per heavy atom. The van der Waals surface area contributed by atoms with Crippen LogP contribution in [-0.4, -0.2) is 11.8 Å². The molecule has 2 rings (SSSR count). The summed E-state index contributed by atoms with van der Waals surface area (Å²) in [4.78, 5) is 23.1. The van der Waals surface area contributed by atoms with E-state index >= 15 is 0 Å². The molecule has 0 radical (unpaired) electrons. The summed E-state index contributed by atoms with van der Waals surface area (Å²) < 4.78 is 19.1. The lowest BCUT2D eigenvalue weighted by atomic mass is 10.0. The monoisotopic (exact) mass is 352 g/mol. The Morgan fingerprint density at radius 3 is 2.12 bits per heavy atom. The number of hydrogen-bond donors (Lipinski definition) is 0. The average Bonchev–Trinajstić information content (AvgIpc) is 2.61. The van der Waals surface area contributed by atoms with Crippen LogP contribution in [0.3, 0.4) is 0 Å². The maximum absolute atomic E-state index is 14.2. The van der Waals surface area contributed by atoms with Gasteiger partial charge in [0.05, 0.1) is 0 Å². The minimum Gasteiger partial charge on any atom is -0.420 e. The maximum atomic E-state index is 14.2. The van der Waals surface area contributed by atoms with Gasteiger partial charge in [-0.15, -0.1) is 0 Å². The number of hydrogen-bond acceptors (Lipinski definition) is 3. The number of carbonyl (C=O) groups is 2. The van der Waals surface area contributed by atoms with Crippen LogP contribution in [-0.2, 0) is 16.0 Å². The molecule has 0 N–H and O–H groups in total. The van der Waals surface area contributed by atoms with E-state index in [4.69, 9.17) is 4.74 Å². The fourth-order valence-corrected chi connectivity index (χ4v) is 2.29. The quantitative estimate of drug-likeness (QED) is 0.398. The highest BCUT2D eigenvalue weighted by Crippen LogP contribution is 2.26. The first-order valence-electron chi connectivity index (χ1n) is 8.23. The molecule has 0 unspecified atom stereocenters. The molecule has 0 aromatic heterocycles. The molecule has 4 heteroatoms. The zero-order chi connectivity index (χ0) is 19.3. The number of rotatable bonds is 7. The predicted octanol–water partition coefficient (Wildman–Crippen LogP) is 5.05. The molecule has 0 saturated heterocycles. The molecule has 0 heterocycles. The number of carbonyl (C=O) groups excluding carboxylic acids is 2. The topological polar surface area (TPSA) is 43.4 Å². The van der Waals surface area contributed by atoms with Gasteiger partial charge in [0.25, 0.3) is 0 Å². The Kier molecular flexibility index (Phi) is 6.23. The van der Waals surface area contributed by atoms with Crippen molar-refractivity contribution in [2.75, 3.05) is 0 Å². The average molecular weight is 352 g/mol. The molecule has 2 aromatic carbocycles. The van der Waals surface area contributed by atoms with E-state index in [0.29, 0.717) is 24.0 Å². The molecule has 134 valence electrons. The van der Waals surface area contributed by atoms with E-state index in [-0.39, 0.29) is 17.1 Å². The lowest BCUT2D eigenvalue weighted by Crippen LogP contribution is -2.09. The van der Waals surface area contributed by atoms with Gasteiger partial charge in [0.2, 0.25) is 0 Å². The molecule has 0 saturated carbocycles. The van der Waals surface area contributed by atoms with Gasteiger partial charge >= 0.3 is 5.97 Å². The fraction of sp³-hybridized carbons (Fsp3) is 0.182. The number of aryl methyl sites for hydroxylation is 1. The molecular weight excluding hydrogens is 331 g/mol. The maximum Gasteiger partial charge on any atom is 0.338 e. The highest BCUT2D eigenvalue weighted by Gasteiger charge is 2.11. The SMILES string of the molecule is C=C(C)C(=O)CCc1ccc(-c2ccc(OC(=O)C(=C)C)c(F)c2)cc1. The van der Waals surface area contributed by atoms with E-state index in [1.807, 2.05) is 24.3 Å². The molecule has 0 bridgehead atoms. The molecule has 0 spiro atoms. The van der Waals surface area contributed by atoms with Crippen LogP contribution in [0.1, 0.15) is 25.8 Å². The first-order chi connectivity index (χ1) is 12.3. The van der Waals surface area contributed by atoms with Gasteiger partial charge in [0, 0.05) is 12.0 Å². The Bertz CT molecular complexity index is 863. The second-order valence-corrected chi connectivity index (χ2v) is 6.22. The van der Waals surface area contributed by atoms with E-state index in [2.05, 4.69) is 13.2 Å². The number of allylic oxidation sites excluding steroid dienone is 1. The lowest BCUT2D eigenvalue weighted by molar-refractivity contribution is -0.130. The van der Waals surface area contributed by atoms with E-state index in [1.165, 1.54) is 19.1 Å². The van der Waals surface area contributed by atoms with Crippen LogP contribution in [0.2, 0.25) is 0 Å². The Labute approximate surface area is 152 Å². The van der Waals surface area contributed by atoms with E-state index in [9.17, 15) is 14.0 Å². The highest BCUT2D eigenvalue weighted by atomic mass is 19.1. The number of Topliss-reactive ketones (excluding diaryl/α,β-unsaturated/α-hetero) is 1. The molecule has 0 atom stereocenters. The normalized spacial score (nSPS) is 10.3. The summed E-state index contributed by atoms with van der Waals surface area (Å²) >= 11 is 0. The van der Waals surface area contributed by atoms with Crippen LogP contribution in [0.5, 0.6) is 5.75 Å². The molecule has 0 amide bonds. The number of ether oxygens (including phenoxy) is 1. The number of esters is 1. The van der Waals surface area contributed by atoms with E-state index in [0.717, 1.165) is 11.1 Å². The van der Waals surface area contributed by atoms with Crippen molar-refractivity contribution in [1.82, 2.24) is 0 Å². The lowest BCUT2D eigenvalue weighted by Gasteiger charge is -2.08. The fourth-order valence-electron chi connectivity index (χ4n) is 2.29. The number of benzene rings is 2. The van der Waals surface area contributed by atoms with Crippen molar-refractivity contribution in [1.29, 1.82) is 0 Å². The Morgan fingerprint density at radius 1 is 0.962 bits per heavy atom. The zero-order valence-corrected chi connectivity index (χ0v) is 15.0. The molecule has 0 aliphatic heterocycles. The molecule has 3 nitrogen and oxygen atoms in total. The predicted molar refractivity (Wildman–Crippen MR) is 100 cm³/mol. The van der Waals surface area contributed by atoms with Crippen LogP contribution in [0.15, 0.2) is 66.8 Å². The Balaban J connectivity index is 2.10.